The summed E-state index contributed by atoms with van der Waals surface area (Å²) in [6.07, 6.45) is 3.46. The lowest BCUT2D eigenvalue weighted by atomic mass is 9.91. The number of hydrogen-bond acceptors (Lipinski definition) is 3. The van der Waals surface area contributed by atoms with Gasteiger partial charge in [-0.2, -0.15) is 0 Å². The summed E-state index contributed by atoms with van der Waals surface area (Å²) in [5.74, 6) is 1.64. The molecule has 0 N–H and O–H groups in total. The molecule has 3 atom stereocenters. The minimum atomic E-state index is -2.46. The van der Waals surface area contributed by atoms with Crippen LogP contribution in [-0.4, -0.2) is 60.9 Å². The molecule has 108 valence electrons. The summed E-state index contributed by atoms with van der Waals surface area (Å²) in [6.45, 7) is 7.08. The van der Waals surface area contributed by atoms with Crippen LogP contribution in [0.25, 0.3) is 0 Å². The molecule has 0 aliphatic carbocycles. The van der Waals surface area contributed by atoms with Crippen molar-refractivity contribution in [1.29, 1.82) is 0 Å². The maximum Gasteiger partial charge on any atom is 0.558 e. The molecule has 0 saturated carbocycles. The van der Waals surface area contributed by atoms with Gasteiger partial charge in [0.25, 0.3) is 0 Å². The molecule has 1 aliphatic rings. The second kappa shape index (κ2) is 6.48. The Bertz CT molecular complexity index is 252. The van der Waals surface area contributed by atoms with Gasteiger partial charge in [-0.05, 0) is 5.92 Å². The van der Waals surface area contributed by atoms with Gasteiger partial charge in [-0.3, -0.25) is 0 Å². The average molecular weight is 276 g/mol. The van der Waals surface area contributed by atoms with Crippen molar-refractivity contribution in [1.82, 2.24) is 0 Å². The molecular weight excluding hydrogens is 246 g/mol. The zero-order valence-electron chi connectivity index (χ0n) is 12.9. The van der Waals surface area contributed by atoms with Gasteiger partial charge >= 0.3 is 8.80 Å². The molecule has 3 unspecified atom stereocenters. The fraction of sp³-hybridized carbons (Fsp3) is 1.00. The van der Waals surface area contributed by atoms with Gasteiger partial charge in [0.05, 0.1) is 20.1 Å². The van der Waals surface area contributed by atoms with Gasteiger partial charge < -0.3 is 17.8 Å². The van der Waals surface area contributed by atoms with Crippen LogP contribution in [0.5, 0.6) is 0 Å². The smallest absolute Gasteiger partial charge is 0.374 e. The van der Waals surface area contributed by atoms with E-state index in [1.165, 1.54) is 25.9 Å². The number of rotatable bonds is 7. The molecule has 1 heterocycles. The lowest BCUT2D eigenvalue weighted by Crippen LogP contribution is -2.60. The summed E-state index contributed by atoms with van der Waals surface area (Å²) in [6, 6.07) is 0. The molecule has 18 heavy (non-hydrogen) atoms. The molecule has 1 fully saturated rings. The lowest BCUT2D eigenvalue weighted by Gasteiger charge is -2.36. The molecule has 0 radical (unpaired) electrons. The van der Waals surface area contributed by atoms with E-state index in [-0.39, 0.29) is 0 Å². The normalized spacial score (nSPS) is 30.7. The van der Waals surface area contributed by atoms with Crippen molar-refractivity contribution in [3.05, 3.63) is 0 Å². The second-order valence-electron chi connectivity index (χ2n) is 5.91. The molecule has 0 bridgehead atoms. The van der Waals surface area contributed by atoms with Crippen LogP contribution in [-0.2, 0) is 13.3 Å². The van der Waals surface area contributed by atoms with Crippen LogP contribution in [0.15, 0.2) is 0 Å². The first kappa shape index (κ1) is 16.1. The monoisotopic (exact) mass is 276 g/mol. The first-order valence-corrected chi connectivity index (χ1v) is 8.86. The number of likely N-dealkylation sites (tertiary alicyclic amines) is 1. The second-order valence-corrected chi connectivity index (χ2v) is 8.82. The molecule has 4 nitrogen and oxygen atoms in total. The lowest BCUT2D eigenvalue weighted by molar-refractivity contribution is -0.891. The maximum atomic E-state index is 5.56. The van der Waals surface area contributed by atoms with Crippen LogP contribution in [0.1, 0.15) is 26.7 Å². The van der Waals surface area contributed by atoms with Crippen LogP contribution >= 0.6 is 0 Å². The molecular formula is C13H30NO3Si+. The van der Waals surface area contributed by atoms with E-state index in [0.29, 0.717) is 0 Å². The van der Waals surface area contributed by atoms with E-state index < -0.39 is 8.80 Å². The highest BCUT2D eigenvalue weighted by Crippen LogP contribution is 2.31. The minimum absolute atomic E-state index is 0.814. The summed E-state index contributed by atoms with van der Waals surface area (Å²) in [5, 5.41) is 0. The van der Waals surface area contributed by atoms with Gasteiger partial charge in [0, 0.05) is 33.7 Å². The zero-order chi connectivity index (χ0) is 13.8. The van der Waals surface area contributed by atoms with Crippen LogP contribution in [0.3, 0.4) is 0 Å². The Hall–Kier alpha value is 0.0569. The molecule has 5 heteroatoms. The zero-order valence-corrected chi connectivity index (χ0v) is 13.9. The SMILES string of the molecule is CCC(C)C1CC[N+](C)(C[Si](OC)(OC)OC)C1. The van der Waals surface area contributed by atoms with E-state index in [0.717, 1.165) is 22.5 Å². The number of hydrogen-bond donors (Lipinski definition) is 0. The molecule has 1 rings (SSSR count). The van der Waals surface area contributed by atoms with E-state index in [1.54, 1.807) is 21.3 Å². The predicted molar refractivity (Wildman–Crippen MR) is 75.1 cm³/mol. The minimum Gasteiger partial charge on any atom is -0.374 e. The number of nitrogens with zero attached hydrogens (tertiary/aromatic N) is 1. The third-order valence-electron chi connectivity index (χ3n) is 4.67. The fourth-order valence-electron chi connectivity index (χ4n) is 3.08. The van der Waals surface area contributed by atoms with E-state index in [1.807, 2.05) is 0 Å². The summed E-state index contributed by atoms with van der Waals surface area (Å²) in [4.78, 5) is 0. The Kier molecular flexibility index (Phi) is 5.80. The molecule has 0 aromatic heterocycles. The maximum absolute atomic E-state index is 5.56. The van der Waals surface area contributed by atoms with Gasteiger partial charge in [-0.25, -0.2) is 0 Å². The van der Waals surface area contributed by atoms with Gasteiger partial charge in [-0.1, -0.05) is 20.3 Å². The first-order valence-electron chi connectivity index (χ1n) is 6.93. The first-order chi connectivity index (χ1) is 8.44. The van der Waals surface area contributed by atoms with E-state index in [4.69, 9.17) is 13.3 Å². The highest BCUT2D eigenvalue weighted by Gasteiger charge is 2.50. The topological polar surface area (TPSA) is 27.7 Å². The Morgan fingerprint density at radius 3 is 2.22 bits per heavy atom. The molecule has 0 spiro atoms. The average Bonchev–Trinajstić information content (AvgIpc) is 2.78. The van der Waals surface area contributed by atoms with Gasteiger partial charge in [0.1, 0.15) is 6.17 Å². The van der Waals surface area contributed by atoms with Gasteiger partial charge in [-0.15, -0.1) is 0 Å². The van der Waals surface area contributed by atoms with Crippen molar-refractivity contribution < 1.29 is 17.8 Å². The van der Waals surface area contributed by atoms with Crippen molar-refractivity contribution >= 4 is 8.80 Å². The third kappa shape index (κ3) is 3.54. The molecule has 0 aromatic rings. The predicted octanol–water partition coefficient (Wildman–Crippen LogP) is 1.92. The Balaban J connectivity index is 2.66. The van der Waals surface area contributed by atoms with Crippen molar-refractivity contribution in [2.45, 2.75) is 26.7 Å². The molecule has 1 aliphatic heterocycles. The summed E-state index contributed by atoms with van der Waals surface area (Å²) in [5.41, 5.74) is 0. The number of quaternary nitrogens is 1. The summed E-state index contributed by atoms with van der Waals surface area (Å²) >= 11 is 0. The molecule has 1 saturated heterocycles. The van der Waals surface area contributed by atoms with Gasteiger partial charge in [0.2, 0.25) is 0 Å². The van der Waals surface area contributed by atoms with Crippen LogP contribution < -0.4 is 0 Å². The standard InChI is InChI=1S/C13H30NO3Si/c1-7-12(2)13-8-9-14(3,10-13)11-18(15-4,16-5)17-6/h12-13H,7-11H2,1-6H3/q+1. The Morgan fingerprint density at radius 1 is 1.22 bits per heavy atom. The van der Waals surface area contributed by atoms with E-state index in [9.17, 15) is 0 Å². The summed E-state index contributed by atoms with van der Waals surface area (Å²) < 4.78 is 17.7. The third-order valence-corrected chi connectivity index (χ3v) is 7.69. The van der Waals surface area contributed by atoms with E-state index in [2.05, 4.69) is 20.9 Å². The van der Waals surface area contributed by atoms with Crippen molar-refractivity contribution in [2.24, 2.45) is 11.8 Å². The fourth-order valence-corrected chi connectivity index (χ4v) is 5.19. The summed E-state index contributed by atoms with van der Waals surface area (Å²) in [7, 11) is 4.96. The highest BCUT2D eigenvalue weighted by atomic mass is 28.4. The highest BCUT2D eigenvalue weighted by molar-refractivity contribution is 6.60. The van der Waals surface area contributed by atoms with Crippen molar-refractivity contribution in [3.8, 4) is 0 Å². The van der Waals surface area contributed by atoms with Crippen LogP contribution in [0, 0.1) is 11.8 Å². The molecule has 0 amide bonds. The van der Waals surface area contributed by atoms with Crippen molar-refractivity contribution in [3.63, 3.8) is 0 Å². The van der Waals surface area contributed by atoms with Crippen LogP contribution in [0.2, 0.25) is 0 Å². The van der Waals surface area contributed by atoms with E-state index >= 15 is 0 Å². The quantitative estimate of drug-likeness (QED) is 0.525. The van der Waals surface area contributed by atoms with Gasteiger partial charge in [0.15, 0.2) is 0 Å². The van der Waals surface area contributed by atoms with Crippen LogP contribution in [0.4, 0.5) is 0 Å². The Morgan fingerprint density at radius 2 is 1.78 bits per heavy atom. The molecule has 0 aromatic carbocycles. The largest absolute Gasteiger partial charge is 0.558 e. The van der Waals surface area contributed by atoms with Crippen molar-refractivity contribution in [2.75, 3.05) is 47.6 Å². The Labute approximate surface area is 113 Å².